The van der Waals surface area contributed by atoms with E-state index in [1.54, 1.807) is 72.8 Å². The van der Waals surface area contributed by atoms with Crippen molar-refractivity contribution in [1.82, 2.24) is 0 Å². The van der Waals surface area contributed by atoms with Gasteiger partial charge in [-0.3, -0.25) is 9.59 Å². The monoisotopic (exact) mass is 457 g/mol. The van der Waals surface area contributed by atoms with Crippen molar-refractivity contribution < 1.29 is 23.1 Å². The number of thioether (sulfide) groups is 1. The van der Waals surface area contributed by atoms with Gasteiger partial charge in [-0.05, 0) is 60.7 Å². The van der Waals surface area contributed by atoms with Gasteiger partial charge in [0.1, 0.15) is 6.61 Å². The highest BCUT2D eigenvalue weighted by atomic mass is 32.2. The number of ether oxygens (including phenoxy) is 1. The quantitative estimate of drug-likeness (QED) is 0.366. The van der Waals surface area contributed by atoms with Crippen LogP contribution in [0.4, 0.5) is 31.5 Å². The van der Waals surface area contributed by atoms with E-state index in [1.807, 2.05) is 0 Å². The topological polar surface area (TPSA) is 79.5 Å². The fraction of sp³-hybridized carbons (Fsp3) is 0.130. The van der Waals surface area contributed by atoms with Gasteiger partial charge >= 0.3 is 0 Å². The van der Waals surface area contributed by atoms with Gasteiger partial charge in [-0.1, -0.05) is 23.9 Å². The Hall–Kier alpha value is -3.43. The molecule has 0 bridgehead atoms. The molecule has 6 nitrogen and oxygen atoms in total. The highest BCUT2D eigenvalue weighted by Crippen LogP contribution is 2.28. The molecular weight excluding hydrogens is 436 g/mol. The minimum atomic E-state index is -2.48. The fourth-order valence-corrected chi connectivity index (χ4v) is 3.33. The van der Waals surface area contributed by atoms with Crippen molar-refractivity contribution in [2.45, 2.75) is 10.7 Å². The predicted molar refractivity (Wildman–Crippen MR) is 123 cm³/mol. The van der Waals surface area contributed by atoms with E-state index in [-0.39, 0.29) is 18.4 Å². The van der Waals surface area contributed by atoms with Gasteiger partial charge in [-0.2, -0.15) is 8.78 Å². The van der Waals surface area contributed by atoms with Crippen molar-refractivity contribution in [3.05, 3.63) is 78.4 Å². The van der Waals surface area contributed by atoms with Crippen LogP contribution in [0.2, 0.25) is 0 Å². The Labute approximate surface area is 188 Å². The molecule has 0 radical (unpaired) electrons. The summed E-state index contributed by atoms with van der Waals surface area (Å²) in [5.41, 5.74) is 2.79. The van der Waals surface area contributed by atoms with Crippen molar-refractivity contribution in [3.8, 4) is 0 Å². The van der Waals surface area contributed by atoms with E-state index in [0.717, 1.165) is 0 Å². The lowest BCUT2D eigenvalue weighted by molar-refractivity contribution is -0.119. The van der Waals surface area contributed by atoms with Crippen LogP contribution in [0.3, 0.4) is 0 Å². The lowest BCUT2D eigenvalue weighted by Gasteiger charge is -2.13. The molecule has 0 saturated carbocycles. The number of hydrogen-bond donors (Lipinski definition) is 3. The van der Waals surface area contributed by atoms with Crippen LogP contribution in [0.15, 0.2) is 77.7 Å². The van der Waals surface area contributed by atoms with Crippen LogP contribution in [-0.2, 0) is 9.53 Å². The van der Waals surface area contributed by atoms with Gasteiger partial charge in [0, 0.05) is 29.1 Å². The first-order chi connectivity index (χ1) is 15.4. The third-order valence-electron chi connectivity index (χ3n) is 4.23. The first-order valence-electron chi connectivity index (χ1n) is 9.56. The van der Waals surface area contributed by atoms with Crippen molar-refractivity contribution in [1.29, 1.82) is 0 Å². The second kappa shape index (κ2) is 11.3. The number of amides is 2. The third-order valence-corrected chi connectivity index (χ3v) is 4.95. The van der Waals surface area contributed by atoms with Crippen LogP contribution in [0.5, 0.6) is 0 Å². The number of nitrogens with one attached hydrogen (secondary N) is 3. The molecule has 9 heteroatoms. The molecular formula is C23H21F2N3O3S. The third kappa shape index (κ3) is 6.79. The van der Waals surface area contributed by atoms with E-state index < -0.39 is 5.76 Å². The predicted octanol–water partition coefficient (Wildman–Crippen LogP) is 5.58. The fourth-order valence-electron chi connectivity index (χ4n) is 2.83. The van der Waals surface area contributed by atoms with E-state index in [2.05, 4.69) is 16.0 Å². The summed E-state index contributed by atoms with van der Waals surface area (Å²) in [6.07, 6.45) is 0. The molecule has 0 spiro atoms. The second-order valence-electron chi connectivity index (χ2n) is 6.59. The van der Waals surface area contributed by atoms with Crippen LogP contribution >= 0.6 is 11.8 Å². The van der Waals surface area contributed by atoms with Crippen LogP contribution < -0.4 is 16.0 Å². The van der Waals surface area contributed by atoms with E-state index >= 15 is 0 Å². The normalized spacial score (nSPS) is 10.6. The van der Waals surface area contributed by atoms with Gasteiger partial charge in [0.25, 0.3) is 11.7 Å². The summed E-state index contributed by atoms with van der Waals surface area (Å²) in [6.45, 7) is -0.0456. The van der Waals surface area contributed by atoms with Crippen molar-refractivity contribution in [2.24, 2.45) is 0 Å². The highest BCUT2D eigenvalue weighted by molar-refractivity contribution is 7.99. The molecule has 0 atom stereocenters. The number of hydrogen-bond acceptors (Lipinski definition) is 5. The summed E-state index contributed by atoms with van der Waals surface area (Å²) in [7, 11) is 1.44. The molecule has 0 fully saturated rings. The van der Waals surface area contributed by atoms with Gasteiger partial charge in [0.05, 0.1) is 11.3 Å². The number of rotatable bonds is 9. The molecule has 0 aromatic heterocycles. The Balaban J connectivity index is 1.67. The summed E-state index contributed by atoms with van der Waals surface area (Å²) in [4.78, 5) is 24.8. The van der Waals surface area contributed by atoms with Crippen LogP contribution in [0, 0.1) is 0 Å². The zero-order valence-corrected chi connectivity index (χ0v) is 17.9. The van der Waals surface area contributed by atoms with Gasteiger partial charge in [0.2, 0.25) is 5.91 Å². The molecule has 166 valence electrons. The summed E-state index contributed by atoms with van der Waals surface area (Å²) in [5.74, 6) is -3.08. The van der Waals surface area contributed by atoms with Gasteiger partial charge in [0.15, 0.2) is 0 Å². The molecule has 3 N–H and O–H groups in total. The van der Waals surface area contributed by atoms with Crippen LogP contribution in [0.25, 0.3) is 0 Å². The average Bonchev–Trinajstić information content (AvgIpc) is 2.76. The van der Waals surface area contributed by atoms with E-state index in [0.29, 0.717) is 45.0 Å². The highest BCUT2D eigenvalue weighted by Gasteiger charge is 2.12. The lowest BCUT2D eigenvalue weighted by atomic mass is 10.1. The minimum absolute atomic E-state index is 0.0456. The smallest absolute Gasteiger partial charge is 0.288 e. The SMILES string of the molecule is COCC(=O)Nc1ccc(NC(=O)c2ccccc2Nc2ccc(SC(F)F)cc2)cc1. The second-order valence-corrected chi connectivity index (χ2v) is 7.65. The van der Waals surface area contributed by atoms with Gasteiger partial charge in [-0.25, -0.2) is 0 Å². The Kier molecular flexibility index (Phi) is 8.18. The number of anilines is 4. The van der Waals surface area contributed by atoms with Crippen LogP contribution in [-0.4, -0.2) is 31.3 Å². The van der Waals surface area contributed by atoms with E-state index in [1.165, 1.54) is 7.11 Å². The van der Waals surface area contributed by atoms with E-state index in [9.17, 15) is 18.4 Å². The maximum absolute atomic E-state index is 12.8. The number of carbonyl (C=O) groups is 2. The number of para-hydroxylation sites is 1. The summed E-state index contributed by atoms with van der Waals surface area (Å²) in [5, 5.41) is 8.64. The number of benzene rings is 3. The summed E-state index contributed by atoms with van der Waals surface area (Å²) >= 11 is 0.475. The maximum Gasteiger partial charge on any atom is 0.288 e. The van der Waals surface area contributed by atoms with Crippen molar-refractivity contribution in [2.75, 3.05) is 29.7 Å². The molecule has 0 saturated heterocycles. The maximum atomic E-state index is 12.8. The molecule has 0 aliphatic carbocycles. The molecule has 0 unspecified atom stereocenters. The number of halogens is 2. The number of methoxy groups -OCH3 is 1. The first-order valence-corrected chi connectivity index (χ1v) is 10.4. The Bertz CT molecular complexity index is 1060. The van der Waals surface area contributed by atoms with Gasteiger partial charge < -0.3 is 20.7 Å². The largest absolute Gasteiger partial charge is 0.375 e. The lowest BCUT2D eigenvalue weighted by Crippen LogP contribution is -2.17. The van der Waals surface area contributed by atoms with Crippen LogP contribution in [0.1, 0.15) is 10.4 Å². The average molecular weight is 458 g/mol. The summed E-state index contributed by atoms with van der Waals surface area (Å²) < 4.78 is 29.7. The Morgan fingerprint density at radius 1 is 0.875 bits per heavy atom. The zero-order chi connectivity index (χ0) is 22.9. The molecule has 0 aliphatic heterocycles. The minimum Gasteiger partial charge on any atom is -0.375 e. The summed E-state index contributed by atoms with van der Waals surface area (Å²) in [6, 6.07) is 20.2. The first kappa shape index (κ1) is 23.2. The standard InChI is InChI=1S/C23H21F2N3O3S/c1-31-14-21(29)27-16-6-8-17(9-7-16)28-22(30)19-4-2-3-5-20(19)26-15-10-12-18(13-11-15)32-23(24)25/h2-13,23,26H,14H2,1H3,(H,27,29)(H,28,30). The molecule has 3 rings (SSSR count). The van der Waals surface area contributed by atoms with E-state index in [4.69, 9.17) is 4.74 Å². The van der Waals surface area contributed by atoms with Crippen molar-refractivity contribution >= 4 is 46.3 Å². The molecule has 3 aromatic rings. The van der Waals surface area contributed by atoms with Crippen molar-refractivity contribution in [3.63, 3.8) is 0 Å². The molecule has 32 heavy (non-hydrogen) atoms. The molecule has 0 heterocycles. The van der Waals surface area contributed by atoms with Gasteiger partial charge in [-0.15, -0.1) is 0 Å². The number of alkyl halides is 2. The molecule has 0 aliphatic rings. The molecule has 3 aromatic carbocycles. The Morgan fingerprint density at radius 2 is 1.47 bits per heavy atom. The molecule has 2 amide bonds. The Morgan fingerprint density at radius 3 is 2.09 bits per heavy atom. The number of carbonyl (C=O) groups excluding carboxylic acids is 2. The zero-order valence-electron chi connectivity index (χ0n) is 17.1.